The second kappa shape index (κ2) is 9.11. The second-order valence-electron chi connectivity index (χ2n) is 7.10. The molecule has 2 amide bonds. The first kappa shape index (κ1) is 22.2. The Hall–Kier alpha value is -1.49. The molecule has 2 saturated heterocycles. The van der Waals surface area contributed by atoms with Crippen molar-refractivity contribution in [3.05, 3.63) is 28.7 Å². The molecule has 0 bridgehead atoms. The predicted molar refractivity (Wildman–Crippen MR) is 115 cm³/mol. The molecule has 1 aromatic carbocycles. The van der Waals surface area contributed by atoms with Crippen molar-refractivity contribution in [3.63, 3.8) is 0 Å². The summed E-state index contributed by atoms with van der Waals surface area (Å²) in [6.07, 6.45) is 0.469. The summed E-state index contributed by atoms with van der Waals surface area (Å²) in [7, 11) is -3.50. The van der Waals surface area contributed by atoms with Crippen LogP contribution in [0.4, 0.5) is 5.69 Å². The van der Waals surface area contributed by atoms with Gasteiger partial charge in [0.2, 0.25) is 11.8 Å². The predicted octanol–water partition coefficient (Wildman–Crippen LogP) is 1.53. The van der Waals surface area contributed by atoms with E-state index >= 15 is 0 Å². The smallest absolute Gasteiger partial charge is 0.282 e. The topological polar surface area (TPSA) is 81.2 Å². The van der Waals surface area contributed by atoms with E-state index in [2.05, 4.69) is 15.9 Å². The minimum Gasteiger partial charge on any atom is -0.339 e. The van der Waals surface area contributed by atoms with Crippen LogP contribution in [-0.4, -0.2) is 79.6 Å². The van der Waals surface area contributed by atoms with Gasteiger partial charge in [-0.1, -0.05) is 26.0 Å². The highest BCUT2D eigenvalue weighted by Crippen LogP contribution is 2.32. The highest BCUT2D eigenvalue weighted by atomic mass is 79.9. The van der Waals surface area contributed by atoms with Gasteiger partial charge in [0.25, 0.3) is 10.2 Å². The van der Waals surface area contributed by atoms with Crippen LogP contribution in [-0.2, 0) is 19.8 Å². The summed E-state index contributed by atoms with van der Waals surface area (Å²) in [5.74, 6) is -1.10. The molecule has 8 nitrogen and oxygen atoms in total. The fourth-order valence-corrected chi connectivity index (χ4v) is 5.99. The van der Waals surface area contributed by atoms with E-state index in [-0.39, 0.29) is 24.9 Å². The fraction of sp³-hybridized carbons (Fsp3) is 0.579. The highest BCUT2D eigenvalue weighted by Gasteiger charge is 2.41. The summed E-state index contributed by atoms with van der Waals surface area (Å²) in [6, 6.07) is 7.46. The Balaban J connectivity index is 1.63. The molecule has 0 spiro atoms. The van der Waals surface area contributed by atoms with Crippen LogP contribution in [0.1, 0.15) is 20.3 Å². The number of halogens is 1. The number of hydrogen-bond donors (Lipinski definition) is 0. The van der Waals surface area contributed by atoms with Gasteiger partial charge in [0, 0.05) is 50.3 Å². The number of benzene rings is 1. The van der Waals surface area contributed by atoms with Gasteiger partial charge in [-0.05, 0) is 34.5 Å². The Morgan fingerprint density at radius 2 is 1.72 bits per heavy atom. The SMILES string of the molecule is CCN(CC)S(=O)(=O)N1CCN(C(=O)C2CCN(c3ccccc3Br)C2=O)CC1. The zero-order valence-corrected chi connectivity index (χ0v) is 19.2. The standard InChI is InChI=1S/C19H27BrN4O4S/c1-3-22(4-2)29(27,28)23-13-11-21(12-14-23)18(25)15-9-10-24(19(15)26)17-8-6-5-7-16(17)20/h5-8,15H,3-4,9-14H2,1-2H3. The Bertz CT molecular complexity index is 867. The van der Waals surface area contributed by atoms with Crippen molar-refractivity contribution in [3.8, 4) is 0 Å². The summed E-state index contributed by atoms with van der Waals surface area (Å²) < 4.78 is 29.0. The van der Waals surface area contributed by atoms with Crippen LogP contribution >= 0.6 is 15.9 Å². The van der Waals surface area contributed by atoms with Gasteiger partial charge in [0.1, 0.15) is 5.92 Å². The van der Waals surface area contributed by atoms with Crippen molar-refractivity contribution in [1.29, 1.82) is 0 Å². The molecule has 3 rings (SSSR count). The molecule has 0 radical (unpaired) electrons. The van der Waals surface area contributed by atoms with Gasteiger partial charge in [0.15, 0.2) is 0 Å². The van der Waals surface area contributed by atoms with E-state index in [1.165, 1.54) is 8.61 Å². The van der Waals surface area contributed by atoms with Gasteiger partial charge in [-0.2, -0.15) is 17.0 Å². The first-order valence-electron chi connectivity index (χ1n) is 9.91. The molecular formula is C19H27BrN4O4S. The fourth-order valence-electron chi connectivity index (χ4n) is 3.89. The lowest BCUT2D eigenvalue weighted by Crippen LogP contribution is -2.55. The number of para-hydroxylation sites is 1. The molecule has 2 fully saturated rings. The summed E-state index contributed by atoms with van der Waals surface area (Å²) in [5, 5.41) is 0. The molecule has 0 aromatic heterocycles. The maximum atomic E-state index is 13.0. The van der Waals surface area contributed by atoms with Crippen molar-refractivity contribution in [1.82, 2.24) is 13.5 Å². The number of rotatable bonds is 6. The average molecular weight is 487 g/mol. The van der Waals surface area contributed by atoms with Crippen molar-refractivity contribution in [2.75, 3.05) is 50.7 Å². The molecule has 0 N–H and O–H groups in total. The third-order valence-corrected chi connectivity index (χ3v) is 8.41. The number of nitrogens with zero attached hydrogens (tertiary/aromatic N) is 4. The first-order chi connectivity index (χ1) is 13.8. The van der Waals surface area contributed by atoms with Crippen LogP contribution in [0.5, 0.6) is 0 Å². The normalized spacial score (nSPS) is 21.2. The Morgan fingerprint density at radius 1 is 1.10 bits per heavy atom. The Morgan fingerprint density at radius 3 is 2.31 bits per heavy atom. The molecule has 29 heavy (non-hydrogen) atoms. The average Bonchev–Trinajstić information content (AvgIpc) is 3.10. The van der Waals surface area contributed by atoms with Crippen molar-refractivity contribution in [2.45, 2.75) is 20.3 Å². The molecule has 1 unspecified atom stereocenters. The van der Waals surface area contributed by atoms with Gasteiger partial charge in [-0.15, -0.1) is 0 Å². The summed E-state index contributed by atoms with van der Waals surface area (Å²) in [6.45, 7) is 6.05. The minimum absolute atomic E-state index is 0.194. The molecule has 1 atom stereocenters. The number of carbonyl (C=O) groups excluding carboxylic acids is 2. The van der Waals surface area contributed by atoms with E-state index in [1.54, 1.807) is 9.80 Å². The zero-order chi connectivity index (χ0) is 21.2. The van der Waals surface area contributed by atoms with E-state index in [0.29, 0.717) is 39.1 Å². The van der Waals surface area contributed by atoms with Crippen LogP contribution < -0.4 is 4.90 Å². The number of anilines is 1. The molecule has 0 aliphatic carbocycles. The van der Waals surface area contributed by atoms with Gasteiger partial charge in [-0.3, -0.25) is 9.59 Å². The molecule has 160 valence electrons. The minimum atomic E-state index is -3.50. The van der Waals surface area contributed by atoms with Crippen LogP contribution in [0, 0.1) is 5.92 Å². The Kier molecular flexibility index (Phi) is 6.98. The molecule has 2 aliphatic heterocycles. The second-order valence-corrected chi connectivity index (χ2v) is 9.88. The van der Waals surface area contributed by atoms with Crippen LogP contribution in [0.3, 0.4) is 0 Å². The van der Waals surface area contributed by atoms with Crippen molar-refractivity contribution in [2.24, 2.45) is 5.92 Å². The van der Waals surface area contributed by atoms with E-state index in [0.717, 1.165) is 10.2 Å². The van der Waals surface area contributed by atoms with Crippen molar-refractivity contribution < 1.29 is 18.0 Å². The molecule has 2 heterocycles. The van der Waals surface area contributed by atoms with E-state index in [4.69, 9.17) is 0 Å². The molecular weight excluding hydrogens is 460 g/mol. The largest absolute Gasteiger partial charge is 0.339 e. The van der Waals surface area contributed by atoms with E-state index < -0.39 is 16.1 Å². The molecule has 1 aromatic rings. The van der Waals surface area contributed by atoms with Crippen LogP contribution in [0.25, 0.3) is 0 Å². The van der Waals surface area contributed by atoms with Crippen molar-refractivity contribution >= 4 is 43.6 Å². The van der Waals surface area contributed by atoms with Crippen LogP contribution in [0.2, 0.25) is 0 Å². The summed E-state index contributed by atoms with van der Waals surface area (Å²) >= 11 is 3.46. The molecule has 2 aliphatic rings. The number of amides is 2. The molecule has 10 heteroatoms. The van der Waals surface area contributed by atoms with Gasteiger partial charge >= 0.3 is 0 Å². The number of hydrogen-bond acceptors (Lipinski definition) is 4. The Labute approximate surface area is 180 Å². The van der Waals surface area contributed by atoms with Crippen LogP contribution in [0.15, 0.2) is 28.7 Å². The third kappa shape index (κ3) is 4.35. The van der Waals surface area contributed by atoms with Gasteiger partial charge in [0.05, 0.1) is 5.69 Å². The lowest BCUT2D eigenvalue weighted by molar-refractivity contribution is -0.140. The summed E-state index contributed by atoms with van der Waals surface area (Å²) in [4.78, 5) is 29.1. The van der Waals surface area contributed by atoms with E-state index in [1.807, 2.05) is 38.1 Å². The summed E-state index contributed by atoms with van der Waals surface area (Å²) in [5.41, 5.74) is 0.767. The monoisotopic (exact) mass is 486 g/mol. The maximum absolute atomic E-state index is 13.0. The van der Waals surface area contributed by atoms with E-state index in [9.17, 15) is 18.0 Å². The molecule has 0 saturated carbocycles. The van der Waals surface area contributed by atoms with Gasteiger partial charge in [-0.25, -0.2) is 0 Å². The number of piperazine rings is 1. The third-order valence-electron chi connectivity index (χ3n) is 5.56. The highest BCUT2D eigenvalue weighted by molar-refractivity contribution is 9.10. The quantitative estimate of drug-likeness (QED) is 0.571. The number of carbonyl (C=O) groups is 2. The maximum Gasteiger partial charge on any atom is 0.282 e. The zero-order valence-electron chi connectivity index (χ0n) is 16.8. The lowest BCUT2D eigenvalue weighted by atomic mass is 10.1. The first-order valence-corrected chi connectivity index (χ1v) is 12.1. The lowest BCUT2D eigenvalue weighted by Gasteiger charge is -2.37. The van der Waals surface area contributed by atoms with Gasteiger partial charge < -0.3 is 9.80 Å².